The molecule has 3 unspecified atom stereocenters. The summed E-state index contributed by atoms with van der Waals surface area (Å²) >= 11 is 0. The third kappa shape index (κ3) is 11.6. The zero-order chi connectivity index (χ0) is 34.2. The molecule has 0 saturated carbocycles. The van der Waals surface area contributed by atoms with Gasteiger partial charge >= 0.3 is 12.1 Å². The highest BCUT2D eigenvalue weighted by Crippen LogP contribution is 2.24. The van der Waals surface area contributed by atoms with Gasteiger partial charge in [-0.05, 0) is 43.4 Å². The lowest BCUT2D eigenvalue weighted by molar-refractivity contribution is -0.166. The first-order valence-corrected chi connectivity index (χ1v) is 16.4. The van der Waals surface area contributed by atoms with E-state index in [9.17, 15) is 24.0 Å². The van der Waals surface area contributed by atoms with Crippen LogP contribution < -0.4 is 0 Å². The summed E-state index contributed by atoms with van der Waals surface area (Å²) in [5.74, 6) is -2.79. The number of benzene rings is 2. The normalized spacial score (nSPS) is 16.0. The van der Waals surface area contributed by atoms with Gasteiger partial charge in [0.15, 0.2) is 23.8 Å². The maximum absolute atomic E-state index is 13.9. The van der Waals surface area contributed by atoms with Crippen molar-refractivity contribution in [3.8, 4) is 0 Å². The summed E-state index contributed by atoms with van der Waals surface area (Å²) in [6.07, 6.45) is 4.83. The van der Waals surface area contributed by atoms with Gasteiger partial charge in [0.1, 0.15) is 6.61 Å². The maximum Gasteiger partial charge on any atom is 0.417 e. The van der Waals surface area contributed by atoms with Crippen molar-refractivity contribution in [2.45, 2.75) is 96.3 Å². The lowest BCUT2D eigenvalue weighted by Crippen LogP contribution is -2.53. The minimum absolute atomic E-state index is 0.0439. The van der Waals surface area contributed by atoms with E-state index in [1.54, 1.807) is 18.2 Å². The fraction of sp³-hybridized carbons (Fsp3) is 0.486. The van der Waals surface area contributed by atoms with Crippen LogP contribution >= 0.6 is 0 Å². The van der Waals surface area contributed by atoms with Crippen LogP contribution in [-0.2, 0) is 39.8 Å². The average Bonchev–Trinajstić information content (AvgIpc) is 3.41. The number of aliphatic hydroxyl groups is 1. The summed E-state index contributed by atoms with van der Waals surface area (Å²) < 4.78 is 16.0. The molecule has 0 radical (unpaired) electrons. The van der Waals surface area contributed by atoms with Crippen LogP contribution in [0.3, 0.4) is 0 Å². The molecule has 0 bridgehead atoms. The monoisotopic (exact) mass is 649 g/mol. The average molecular weight is 650 g/mol. The number of aryl methyl sites for hydroxylation is 1. The summed E-state index contributed by atoms with van der Waals surface area (Å²) in [7, 11) is 1.18. The Morgan fingerprint density at radius 1 is 0.936 bits per heavy atom. The predicted molar refractivity (Wildman–Crippen MR) is 176 cm³/mol. The fourth-order valence-electron chi connectivity index (χ4n) is 5.66. The van der Waals surface area contributed by atoms with Gasteiger partial charge in [0.2, 0.25) is 0 Å². The molecular formula is C37H47NO9. The van der Waals surface area contributed by atoms with Gasteiger partial charge in [-0.2, -0.15) is 0 Å². The number of amides is 2. The molecule has 0 aliphatic carbocycles. The predicted octanol–water partition coefficient (Wildman–Crippen LogP) is 5.56. The summed E-state index contributed by atoms with van der Waals surface area (Å²) in [5.41, 5.74) is 2.43. The van der Waals surface area contributed by atoms with Crippen molar-refractivity contribution in [2.24, 2.45) is 0 Å². The second kappa shape index (κ2) is 19.5. The molecule has 1 fully saturated rings. The van der Waals surface area contributed by atoms with E-state index >= 15 is 0 Å². The number of Topliss-reactive ketones (excluding diaryl/α,β-unsaturated/α-hetero) is 1. The van der Waals surface area contributed by atoms with Crippen molar-refractivity contribution in [1.82, 2.24) is 4.90 Å². The van der Waals surface area contributed by atoms with Crippen molar-refractivity contribution >= 4 is 35.1 Å². The molecule has 2 aromatic carbocycles. The van der Waals surface area contributed by atoms with Crippen LogP contribution in [0.2, 0.25) is 0 Å². The number of cyclic esters (lactones) is 1. The Labute approximate surface area is 277 Å². The number of ketones is 2. The number of hydrogen-bond donors (Lipinski definition) is 1. The fourth-order valence-corrected chi connectivity index (χ4v) is 5.66. The molecule has 2 aromatic rings. The van der Waals surface area contributed by atoms with Gasteiger partial charge in [0.25, 0.3) is 5.91 Å². The molecule has 3 atom stereocenters. The standard InChI is InChI=1S/C37H47NO9/c1-26-16-15-19-29(22-26)31(32(41)20-13-8-6-4-5-7-9-14-21-39)24-33(42)34(47-27(2)40)35(45-3)36(43)38-30(25-46-37(38)44)23-28-17-11-10-12-18-28/h10-12,15-19,22,24,30,34-35,39H,4-9,13-14,20-21,23,25H2,1-3H3. The van der Waals surface area contributed by atoms with Crippen molar-refractivity contribution < 1.29 is 43.3 Å². The third-order valence-electron chi connectivity index (χ3n) is 8.09. The molecule has 254 valence electrons. The molecule has 1 saturated heterocycles. The van der Waals surface area contributed by atoms with E-state index in [-0.39, 0.29) is 31.0 Å². The Balaban J connectivity index is 1.81. The molecule has 0 spiro atoms. The van der Waals surface area contributed by atoms with Gasteiger partial charge in [-0.3, -0.25) is 19.2 Å². The molecule has 0 aromatic heterocycles. The molecule has 2 amide bonds. The summed E-state index contributed by atoms with van der Waals surface area (Å²) in [6.45, 7) is 3.14. The highest BCUT2D eigenvalue weighted by atomic mass is 16.6. The van der Waals surface area contributed by atoms with Crippen molar-refractivity contribution in [2.75, 3.05) is 20.3 Å². The number of ether oxygens (including phenoxy) is 3. The van der Waals surface area contributed by atoms with Crippen LogP contribution in [0.1, 0.15) is 81.4 Å². The second-order valence-electron chi connectivity index (χ2n) is 11.9. The van der Waals surface area contributed by atoms with Crippen LogP contribution in [0.15, 0.2) is 60.7 Å². The van der Waals surface area contributed by atoms with E-state index in [1.165, 1.54) is 7.11 Å². The maximum atomic E-state index is 13.9. The molecular weight excluding hydrogens is 602 g/mol. The number of imide groups is 1. The molecule has 10 nitrogen and oxygen atoms in total. The quantitative estimate of drug-likeness (QED) is 0.111. The number of carbonyl (C=O) groups excluding carboxylic acids is 5. The number of allylic oxidation sites excluding steroid dienone is 1. The number of methoxy groups -OCH3 is 1. The Hall–Kier alpha value is -4.15. The minimum Gasteiger partial charge on any atom is -0.451 e. The van der Waals surface area contributed by atoms with Gasteiger partial charge < -0.3 is 19.3 Å². The van der Waals surface area contributed by atoms with Crippen molar-refractivity contribution in [3.05, 3.63) is 77.4 Å². The van der Waals surface area contributed by atoms with E-state index in [2.05, 4.69) is 0 Å². The number of esters is 1. The van der Waals surface area contributed by atoms with Crippen LogP contribution in [0.5, 0.6) is 0 Å². The molecule has 3 rings (SSSR count). The highest BCUT2D eigenvalue weighted by molar-refractivity contribution is 6.25. The number of hydrogen-bond acceptors (Lipinski definition) is 9. The highest BCUT2D eigenvalue weighted by Gasteiger charge is 2.46. The SMILES string of the molecule is COC(C(=O)N1C(=O)OCC1Cc1ccccc1)C(OC(C)=O)C(=O)C=C(C(=O)CCCCCCCCCCO)c1cccc(C)c1. The smallest absolute Gasteiger partial charge is 0.417 e. The summed E-state index contributed by atoms with van der Waals surface area (Å²) in [5, 5.41) is 8.91. The van der Waals surface area contributed by atoms with E-state index in [0.29, 0.717) is 18.4 Å². The molecule has 1 aliphatic rings. The minimum atomic E-state index is -1.76. The lowest BCUT2D eigenvalue weighted by Gasteiger charge is -2.28. The van der Waals surface area contributed by atoms with E-state index in [0.717, 1.165) is 74.0 Å². The number of unbranched alkanes of at least 4 members (excludes halogenated alkanes) is 7. The Morgan fingerprint density at radius 2 is 1.60 bits per heavy atom. The third-order valence-corrected chi connectivity index (χ3v) is 8.09. The summed E-state index contributed by atoms with van der Waals surface area (Å²) in [6, 6.07) is 15.8. The van der Waals surface area contributed by atoms with Gasteiger partial charge in [0, 0.05) is 32.6 Å². The Bertz CT molecular complexity index is 1390. The van der Waals surface area contributed by atoms with Crippen LogP contribution in [0.4, 0.5) is 4.79 Å². The van der Waals surface area contributed by atoms with Crippen LogP contribution in [0, 0.1) is 6.92 Å². The van der Waals surface area contributed by atoms with E-state index < -0.39 is 42.0 Å². The molecule has 10 heteroatoms. The van der Waals surface area contributed by atoms with Crippen molar-refractivity contribution in [3.63, 3.8) is 0 Å². The van der Waals surface area contributed by atoms with Gasteiger partial charge in [-0.15, -0.1) is 0 Å². The zero-order valence-electron chi connectivity index (χ0n) is 27.7. The lowest BCUT2D eigenvalue weighted by atomic mass is 9.93. The molecule has 1 heterocycles. The molecule has 47 heavy (non-hydrogen) atoms. The second-order valence-corrected chi connectivity index (χ2v) is 11.9. The number of nitrogens with zero attached hydrogens (tertiary/aromatic N) is 1. The van der Waals surface area contributed by atoms with E-state index in [4.69, 9.17) is 19.3 Å². The number of carbonyl (C=O) groups is 5. The first kappa shape index (κ1) is 37.3. The summed E-state index contributed by atoms with van der Waals surface area (Å²) in [4.78, 5) is 67.1. The van der Waals surface area contributed by atoms with Crippen LogP contribution in [0.25, 0.3) is 5.57 Å². The topological polar surface area (TPSA) is 137 Å². The first-order chi connectivity index (χ1) is 22.7. The van der Waals surface area contributed by atoms with Crippen LogP contribution in [-0.4, -0.2) is 78.1 Å². The largest absolute Gasteiger partial charge is 0.451 e. The van der Waals surface area contributed by atoms with Gasteiger partial charge in [0.05, 0.1) is 6.04 Å². The first-order valence-electron chi connectivity index (χ1n) is 16.4. The molecule has 1 N–H and O–H groups in total. The Kier molecular flexibility index (Phi) is 15.5. The van der Waals surface area contributed by atoms with Crippen molar-refractivity contribution in [1.29, 1.82) is 0 Å². The van der Waals surface area contributed by atoms with E-state index in [1.807, 2.05) is 43.3 Å². The number of aliphatic hydroxyl groups excluding tert-OH is 1. The van der Waals surface area contributed by atoms with Gasteiger partial charge in [-0.25, -0.2) is 9.69 Å². The van der Waals surface area contributed by atoms with Gasteiger partial charge in [-0.1, -0.05) is 98.7 Å². The zero-order valence-corrected chi connectivity index (χ0v) is 27.7. The Morgan fingerprint density at radius 3 is 2.21 bits per heavy atom. The molecule has 1 aliphatic heterocycles. The number of rotatable bonds is 20.